The first-order valence-electron chi connectivity index (χ1n) is 12.0. The molecule has 1 aromatic heterocycles. The van der Waals surface area contributed by atoms with E-state index in [1.807, 2.05) is 72.3 Å². The third-order valence-electron chi connectivity index (χ3n) is 5.85. The van der Waals surface area contributed by atoms with Gasteiger partial charge in [-0.25, -0.2) is 4.68 Å². The number of aryl methyl sites for hydroxylation is 1. The molecule has 6 heteroatoms. The molecular formula is C27H37N3O3. The van der Waals surface area contributed by atoms with E-state index < -0.39 is 6.10 Å². The minimum absolute atomic E-state index is 0.288. The van der Waals surface area contributed by atoms with Crippen molar-refractivity contribution >= 4 is 0 Å². The van der Waals surface area contributed by atoms with Gasteiger partial charge in [-0.3, -0.25) is 4.90 Å². The van der Waals surface area contributed by atoms with E-state index in [0.717, 1.165) is 41.4 Å². The van der Waals surface area contributed by atoms with Crippen molar-refractivity contribution in [3.05, 3.63) is 71.9 Å². The Balaban J connectivity index is 2.01. The van der Waals surface area contributed by atoms with Crippen molar-refractivity contribution in [1.29, 1.82) is 0 Å². The zero-order chi connectivity index (χ0) is 23.6. The van der Waals surface area contributed by atoms with E-state index in [1.165, 1.54) is 0 Å². The second-order valence-corrected chi connectivity index (χ2v) is 8.25. The van der Waals surface area contributed by atoms with Crippen LogP contribution in [-0.2, 0) is 17.7 Å². The number of ether oxygens (including phenoxy) is 2. The van der Waals surface area contributed by atoms with E-state index in [2.05, 4.69) is 25.7 Å². The minimum Gasteiger partial charge on any atom is -0.439 e. The molecule has 1 heterocycles. The first-order valence-corrected chi connectivity index (χ1v) is 12.0. The predicted molar refractivity (Wildman–Crippen MR) is 132 cm³/mol. The van der Waals surface area contributed by atoms with Crippen LogP contribution in [0.4, 0.5) is 0 Å². The Morgan fingerprint density at radius 3 is 2.27 bits per heavy atom. The largest absolute Gasteiger partial charge is 0.439 e. The number of nitrogens with zero attached hydrogens (tertiary/aromatic N) is 3. The number of para-hydroxylation sites is 2. The highest BCUT2D eigenvalue weighted by molar-refractivity contribution is 5.43. The average molecular weight is 452 g/mol. The maximum Gasteiger partial charge on any atom is 0.227 e. The lowest BCUT2D eigenvalue weighted by Gasteiger charge is -2.30. The van der Waals surface area contributed by atoms with Gasteiger partial charge in [0.1, 0.15) is 5.75 Å². The quantitative estimate of drug-likeness (QED) is 0.386. The summed E-state index contributed by atoms with van der Waals surface area (Å²) in [7, 11) is 0. The molecule has 3 aromatic rings. The normalized spacial score (nSPS) is 13.3. The predicted octanol–water partition coefficient (Wildman–Crippen LogP) is 5.22. The summed E-state index contributed by atoms with van der Waals surface area (Å²) < 4.78 is 13.8. The fourth-order valence-corrected chi connectivity index (χ4v) is 3.81. The zero-order valence-corrected chi connectivity index (χ0v) is 20.3. The minimum atomic E-state index is -0.549. The fourth-order valence-electron chi connectivity index (χ4n) is 3.81. The highest BCUT2D eigenvalue weighted by atomic mass is 16.5. The summed E-state index contributed by atoms with van der Waals surface area (Å²) in [4.78, 5) is 2.30. The summed E-state index contributed by atoms with van der Waals surface area (Å²) in [6.45, 7) is 10.5. The molecule has 6 nitrogen and oxygen atoms in total. The molecule has 2 atom stereocenters. The van der Waals surface area contributed by atoms with Gasteiger partial charge in [0, 0.05) is 25.7 Å². The van der Waals surface area contributed by atoms with E-state index >= 15 is 0 Å². The highest BCUT2D eigenvalue weighted by Crippen LogP contribution is 2.32. The van der Waals surface area contributed by atoms with Gasteiger partial charge in [-0.2, -0.15) is 5.10 Å². The summed E-state index contributed by atoms with van der Waals surface area (Å²) >= 11 is 0. The molecule has 0 aliphatic heterocycles. The van der Waals surface area contributed by atoms with Gasteiger partial charge in [0.25, 0.3) is 0 Å². The average Bonchev–Trinajstić information content (AvgIpc) is 3.19. The van der Waals surface area contributed by atoms with Crippen LogP contribution in [0.1, 0.15) is 45.4 Å². The smallest absolute Gasteiger partial charge is 0.227 e. The highest BCUT2D eigenvalue weighted by Gasteiger charge is 2.25. The van der Waals surface area contributed by atoms with Crippen LogP contribution in [0.5, 0.6) is 11.6 Å². The molecule has 33 heavy (non-hydrogen) atoms. The van der Waals surface area contributed by atoms with Crippen molar-refractivity contribution in [1.82, 2.24) is 14.7 Å². The molecule has 0 unspecified atom stereocenters. The Labute approximate surface area is 197 Å². The van der Waals surface area contributed by atoms with Crippen molar-refractivity contribution in [2.24, 2.45) is 0 Å². The van der Waals surface area contributed by atoms with Gasteiger partial charge in [0.2, 0.25) is 5.88 Å². The second kappa shape index (κ2) is 12.5. The van der Waals surface area contributed by atoms with Crippen LogP contribution >= 0.6 is 0 Å². The molecule has 0 amide bonds. The molecule has 0 saturated heterocycles. The lowest BCUT2D eigenvalue weighted by Crippen LogP contribution is -2.40. The van der Waals surface area contributed by atoms with Crippen LogP contribution in [0.3, 0.4) is 0 Å². The summed E-state index contributed by atoms with van der Waals surface area (Å²) in [5, 5.41) is 15.5. The summed E-state index contributed by atoms with van der Waals surface area (Å²) in [6, 6.07) is 20.2. The van der Waals surface area contributed by atoms with Crippen LogP contribution in [-0.4, -0.2) is 51.7 Å². The maximum atomic E-state index is 10.6. The van der Waals surface area contributed by atoms with Gasteiger partial charge in [-0.1, -0.05) is 50.2 Å². The van der Waals surface area contributed by atoms with Crippen LogP contribution in [0.15, 0.2) is 60.7 Å². The first-order chi connectivity index (χ1) is 16.1. The van der Waals surface area contributed by atoms with Crippen molar-refractivity contribution < 1.29 is 14.6 Å². The van der Waals surface area contributed by atoms with E-state index in [1.54, 1.807) is 0 Å². The van der Waals surface area contributed by atoms with Gasteiger partial charge in [-0.15, -0.1) is 0 Å². The van der Waals surface area contributed by atoms with Crippen molar-refractivity contribution in [2.45, 2.75) is 59.2 Å². The van der Waals surface area contributed by atoms with E-state index in [-0.39, 0.29) is 6.04 Å². The number of aliphatic hydroxyl groups is 1. The molecule has 1 N–H and O–H groups in total. The number of aromatic nitrogens is 2. The van der Waals surface area contributed by atoms with Gasteiger partial charge in [0.05, 0.1) is 29.7 Å². The Hall–Kier alpha value is -2.67. The number of aliphatic hydroxyl groups excluding tert-OH is 1. The number of hydrogen-bond donors (Lipinski definition) is 1. The molecule has 0 spiro atoms. The van der Waals surface area contributed by atoms with Gasteiger partial charge in [0.15, 0.2) is 0 Å². The Morgan fingerprint density at radius 2 is 1.67 bits per heavy atom. The molecule has 178 valence electrons. The van der Waals surface area contributed by atoms with Crippen LogP contribution < -0.4 is 4.74 Å². The monoisotopic (exact) mass is 451 g/mol. The molecule has 0 radical (unpaired) electrons. The summed E-state index contributed by atoms with van der Waals surface area (Å²) in [5.41, 5.74) is 3.00. The molecule has 2 aromatic carbocycles. The molecule has 3 rings (SSSR count). The first kappa shape index (κ1) is 25.0. The Bertz CT molecular complexity index is 960. The molecule has 0 fully saturated rings. The lowest BCUT2D eigenvalue weighted by atomic mass is 10.1. The summed E-state index contributed by atoms with van der Waals surface area (Å²) in [6.07, 6.45) is 1.22. The molecule has 0 aliphatic carbocycles. The van der Waals surface area contributed by atoms with Crippen molar-refractivity contribution in [3.63, 3.8) is 0 Å². The van der Waals surface area contributed by atoms with Gasteiger partial charge < -0.3 is 14.6 Å². The van der Waals surface area contributed by atoms with Crippen LogP contribution in [0, 0.1) is 0 Å². The van der Waals surface area contributed by atoms with Crippen molar-refractivity contribution in [2.75, 3.05) is 19.8 Å². The third kappa shape index (κ3) is 6.67. The maximum absolute atomic E-state index is 10.6. The molecule has 0 aliphatic rings. The van der Waals surface area contributed by atoms with Gasteiger partial charge >= 0.3 is 0 Å². The third-order valence-corrected chi connectivity index (χ3v) is 5.85. The zero-order valence-electron chi connectivity index (χ0n) is 20.3. The standard InChI is InChI=1S/C27H37N3O3/c1-5-21(4)29(18-23(31)20-32-7-3)19-25-26(6-2)28-30(22-14-10-8-11-15-22)27(25)33-24-16-12-9-13-17-24/h8-17,21,23,31H,5-7,18-20H2,1-4H3/t21-,23+/m1/s1. The summed E-state index contributed by atoms with van der Waals surface area (Å²) in [5.74, 6) is 1.49. The lowest BCUT2D eigenvalue weighted by molar-refractivity contribution is 0.0111. The molecule has 0 bridgehead atoms. The number of benzene rings is 2. The number of rotatable bonds is 13. The van der Waals surface area contributed by atoms with Crippen LogP contribution in [0.2, 0.25) is 0 Å². The Morgan fingerprint density at radius 1 is 1.00 bits per heavy atom. The molecular weight excluding hydrogens is 414 g/mol. The van der Waals surface area contributed by atoms with E-state index in [0.29, 0.717) is 26.3 Å². The van der Waals surface area contributed by atoms with Gasteiger partial charge in [-0.05, 0) is 51.0 Å². The topological polar surface area (TPSA) is 59.8 Å². The SMILES string of the molecule is CCOC[C@@H](O)CN(Cc1c(CC)nn(-c2ccccc2)c1Oc1ccccc1)[C@H](C)CC. The van der Waals surface area contributed by atoms with Crippen molar-refractivity contribution in [3.8, 4) is 17.3 Å². The Kier molecular flexibility index (Phi) is 9.48. The van der Waals surface area contributed by atoms with Crippen LogP contribution in [0.25, 0.3) is 5.69 Å². The fraction of sp³-hybridized carbons (Fsp3) is 0.444. The van der Waals surface area contributed by atoms with E-state index in [9.17, 15) is 5.11 Å². The second-order valence-electron chi connectivity index (χ2n) is 8.25. The number of hydrogen-bond acceptors (Lipinski definition) is 5. The van der Waals surface area contributed by atoms with E-state index in [4.69, 9.17) is 14.6 Å². The molecule has 0 saturated carbocycles.